The van der Waals surface area contributed by atoms with Crippen molar-refractivity contribution in [3.63, 3.8) is 0 Å². The number of carbonyl (C=O) groups is 1. The van der Waals surface area contributed by atoms with E-state index in [1.165, 1.54) is 0 Å². The molecule has 0 aliphatic rings. The van der Waals surface area contributed by atoms with Crippen LogP contribution in [0.2, 0.25) is 0 Å². The van der Waals surface area contributed by atoms with Crippen LogP contribution in [-0.4, -0.2) is 50.8 Å². The van der Waals surface area contributed by atoms with Gasteiger partial charge in [-0.1, -0.05) is 30.3 Å². The lowest BCUT2D eigenvalue weighted by Gasteiger charge is -2.20. The Labute approximate surface area is 120 Å². The van der Waals surface area contributed by atoms with Gasteiger partial charge in [0.15, 0.2) is 0 Å². The van der Waals surface area contributed by atoms with Gasteiger partial charge in [-0.25, -0.2) is 0 Å². The van der Waals surface area contributed by atoms with Crippen LogP contribution in [0.3, 0.4) is 0 Å². The Morgan fingerprint density at radius 2 is 2.05 bits per heavy atom. The lowest BCUT2D eigenvalue weighted by Crippen LogP contribution is -2.35. The number of hydrogen-bond donors (Lipinski definition) is 1. The van der Waals surface area contributed by atoms with E-state index in [9.17, 15) is 4.79 Å². The maximum absolute atomic E-state index is 11.9. The Kier molecular flexibility index (Phi) is 7.87. The largest absolute Gasteiger partial charge is 0.380 e. The van der Waals surface area contributed by atoms with Crippen molar-refractivity contribution in [2.45, 2.75) is 19.1 Å². The van der Waals surface area contributed by atoms with Crippen molar-refractivity contribution in [1.29, 1.82) is 0 Å². The summed E-state index contributed by atoms with van der Waals surface area (Å²) in [5, 5.41) is 0. The molecule has 1 atom stereocenters. The van der Waals surface area contributed by atoms with Gasteiger partial charge in [0, 0.05) is 27.2 Å². The third kappa shape index (κ3) is 6.14. The first kappa shape index (κ1) is 16.6. The number of amides is 1. The van der Waals surface area contributed by atoms with Gasteiger partial charge in [0.25, 0.3) is 0 Å². The van der Waals surface area contributed by atoms with Gasteiger partial charge < -0.3 is 20.1 Å². The summed E-state index contributed by atoms with van der Waals surface area (Å²) >= 11 is 0. The number of methoxy groups -OCH3 is 1. The monoisotopic (exact) mass is 280 g/mol. The zero-order valence-corrected chi connectivity index (χ0v) is 12.2. The first-order chi connectivity index (χ1) is 9.67. The molecule has 0 aromatic heterocycles. The minimum atomic E-state index is -0.213. The summed E-state index contributed by atoms with van der Waals surface area (Å²) < 4.78 is 10.6. The summed E-state index contributed by atoms with van der Waals surface area (Å²) in [6.45, 7) is 1.98. The lowest BCUT2D eigenvalue weighted by atomic mass is 10.2. The molecular formula is C15H24N2O3. The van der Waals surface area contributed by atoms with Crippen LogP contribution in [0.25, 0.3) is 0 Å². The summed E-state index contributed by atoms with van der Waals surface area (Å²) in [6, 6.07) is 9.95. The van der Waals surface area contributed by atoms with E-state index in [2.05, 4.69) is 0 Å². The number of nitrogens with two attached hydrogens (primary N) is 1. The van der Waals surface area contributed by atoms with Crippen molar-refractivity contribution in [1.82, 2.24) is 4.90 Å². The Morgan fingerprint density at radius 3 is 2.65 bits per heavy atom. The van der Waals surface area contributed by atoms with Gasteiger partial charge in [0.2, 0.25) is 5.91 Å². The fourth-order valence-electron chi connectivity index (χ4n) is 1.70. The zero-order valence-electron chi connectivity index (χ0n) is 12.2. The first-order valence-electron chi connectivity index (χ1n) is 6.76. The summed E-state index contributed by atoms with van der Waals surface area (Å²) in [6.07, 6.45) is 0.0949. The second kappa shape index (κ2) is 9.47. The van der Waals surface area contributed by atoms with Gasteiger partial charge in [-0.3, -0.25) is 4.79 Å². The number of hydrogen-bond acceptors (Lipinski definition) is 4. The third-order valence-corrected chi connectivity index (χ3v) is 3.11. The molecule has 1 aromatic carbocycles. The van der Waals surface area contributed by atoms with E-state index >= 15 is 0 Å². The number of nitrogens with zero attached hydrogens (tertiary/aromatic N) is 1. The van der Waals surface area contributed by atoms with E-state index in [1.807, 2.05) is 30.3 Å². The summed E-state index contributed by atoms with van der Waals surface area (Å²) in [5.41, 5.74) is 6.63. The highest BCUT2D eigenvalue weighted by molar-refractivity contribution is 5.76. The predicted octanol–water partition coefficient (Wildman–Crippen LogP) is 1.03. The lowest BCUT2D eigenvalue weighted by molar-refractivity contribution is -0.133. The van der Waals surface area contributed by atoms with Crippen molar-refractivity contribution >= 4 is 5.91 Å². The van der Waals surface area contributed by atoms with Crippen molar-refractivity contribution in [2.24, 2.45) is 5.73 Å². The van der Waals surface area contributed by atoms with E-state index in [0.29, 0.717) is 32.7 Å². The van der Waals surface area contributed by atoms with Crippen molar-refractivity contribution in [3.8, 4) is 0 Å². The molecule has 1 amide bonds. The van der Waals surface area contributed by atoms with Crippen LogP contribution in [0.1, 0.15) is 12.0 Å². The summed E-state index contributed by atoms with van der Waals surface area (Å²) in [7, 11) is 3.32. The molecule has 0 radical (unpaired) electrons. The van der Waals surface area contributed by atoms with Gasteiger partial charge >= 0.3 is 0 Å². The molecule has 0 fully saturated rings. The highest BCUT2D eigenvalue weighted by atomic mass is 16.5. The quantitative estimate of drug-likeness (QED) is 0.686. The molecular weight excluding hydrogens is 256 g/mol. The highest BCUT2D eigenvalue weighted by Crippen LogP contribution is 2.02. The normalized spacial score (nSPS) is 12.2. The Morgan fingerprint density at radius 1 is 1.35 bits per heavy atom. The number of ether oxygens (including phenoxy) is 2. The second-order valence-corrected chi connectivity index (χ2v) is 4.65. The first-order valence-corrected chi connectivity index (χ1v) is 6.76. The topological polar surface area (TPSA) is 64.8 Å². The molecule has 1 unspecified atom stereocenters. The van der Waals surface area contributed by atoms with E-state index in [1.54, 1.807) is 19.1 Å². The second-order valence-electron chi connectivity index (χ2n) is 4.65. The SMILES string of the molecule is COC(CN)CC(=O)N(C)CCOCc1ccccc1. The third-order valence-electron chi connectivity index (χ3n) is 3.11. The van der Waals surface area contributed by atoms with Gasteiger partial charge in [0.05, 0.1) is 25.7 Å². The van der Waals surface area contributed by atoms with Crippen LogP contribution < -0.4 is 5.73 Å². The summed E-state index contributed by atoms with van der Waals surface area (Å²) in [4.78, 5) is 13.5. The fourth-order valence-corrected chi connectivity index (χ4v) is 1.70. The Bertz CT molecular complexity index is 380. The van der Waals surface area contributed by atoms with Crippen LogP contribution in [0.4, 0.5) is 0 Å². The molecule has 0 heterocycles. The van der Waals surface area contributed by atoms with Gasteiger partial charge in [-0.05, 0) is 5.56 Å². The molecule has 0 saturated carbocycles. The fraction of sp³-hybridized carbons (Fsp3) is 0.533. The van der Waals surface area contributed by atoms with Crippen LogP contribution in [0, 0.1) is 0 Å². The van der Waals surface area contributed by atoms with Crippen LogP contribution in [0.15, 0.2) is 30.3 Å². The molecule has 5 heteroatoms. The minimum absolute atomic E-state index is 0.0191. The maximum atomic E-state index is 11.9. The smallest absolute Gasteiger partial charge is 0.225 e. The Hall–Kier alpha value is -1.43. The maximum Gasteiger partial charge on any atom is 0.225 e. The van der Waals surface area contributed by atoms with Crippen LogP contribution in [0.5, 0.6) is 0 Å². The highest BCUT2D eigenvalue weighted by Gasteiger charge is 2.14. The average Bonchev–Trinajstić information content (AvgIpc) is 2.49. The minimum Gasteiger partial charge on any atom is -0.380 e. The van der Waals surface area contributed by atoms with Gasteiger partial charge in [-0.15, -0.1) is 0 Å². The molecule has 0 aliphatic carbocycles. The predicted molar refractivity (Wildman–Crippen MR) is 78.2 cm³/mol. The van der Waals surface area contributed by atoms with Crippen LogP contribution in [-0.2, 0) is 20.9 Å². The number of carbonyl (C=O) groups excluding carboxylic acids is 1. The average molecular weight is 280 g/mol. The zero-order chi connectivity index (χ0) is 14.8. The van der Waals surface area contributed by atoms with Crippen molar-refractivity contribution < 1.29 is 14.3 Å². The number of rotatable bonds is 9. The van der Waals surface area contributed by atoms with E-state index in [-0.39, 0.29) is 12.0 Å². The van der Waals surface area contributed by atoms with E-state index in [4.69, 9.17) is 15.2 Å². The molecule has 0 bridgehead atoms. The Balaban J connectivity index is 2.19. The molecule has 112 valence electrons. The summed E-state index contributed by atoms with van der Waals surface area (Å²) in [5.74, 6) is 0.0191. The number of benzene rings is 1. The van der Waals surface area contributed by atoms with Crippen molar-refractivity contribution in [3.05, 3.63) is 35.9 Å². The van der Waals surface area contributed by atoms with Crippen LogP contribution >= 0.6 is 0 Å². The molecule has 5 nitrogen and oxygen atoms in total. The molecule has 20 heavy (non-hydrogen) atoms. The molecule has 1 aromatic rings. The molecule has 1 rings (SSSR count). The van der Waals surface area contributed by atoms with Gasteiger partial charge in [0.1, 0.15) is 0 Å². The standard InChI is InChI=1S/C15H24N2O3/c1-17(15(18)10-14(11-16)19-2)8-9-20-12-13-6-4-3-5-7-13/h3-7,14H,8-12,16H2,1-2H3. The van der Waals surface area contributed by atoms with Crippen molar-refractivity contribution in [2.75, 3.05) is 33.9 Å². The molecule has 0 spiro atoms. The molecule has 0 aliphatic heterocycles. The van der Waals surface area contributed by atoms with E-state index < -0.39 is 0 Å². The van der Waals surface area contributed by atoms with Gasteiger partial charge in [-0.2, -0.15) is 0 Å². The number of likely N-dealkylation sites (N-methyl/N-ethyl adjacent to an activating group) is 1. The van der Waals surface area contributed by atoms with E-state index in [0.717, 1.165) is 5.56 Å². The molecule has 2 N–H and O–H groups in total. The molecule has 0 saturated heterocycles.